The zero-order valence-corrected chi connectivity index (χ0v) is 15.6. The first kappa shape index (κ1) is 20.1. The van der Waals surface area contributed by atoms with Crippen LogP contribution in [0.1, 0.15) is 11.3 Å². The molecule has 1 heterocycles. The van der Waals surface area contributed by atoms with Gasteiger partial charge < -0.3 is 15.8 Å². The number of nitrogens with two attached hydrogens (primary N) is 1. The summed E-state index contributed by atoms with van der Waals surface area (Å²) in [5.41, 5.74) is 6.96. The number of aromatic nitrogens is 1. The summed E-state index contributed by atoms with van der Waals surface area (Å²) in [4.78, 5) is 7.44. The van der Waals surface area contributed by atoms with Gasteiger partial charge in [0, 0.05) is 11.8 Å². The van der Waals surface area contributed by atoms with E-state index in [0.29, 0.717) is 5.69 Å². The van der Waals surface area contributed by atoms with Gasteiger partial charge >= 0.3 is 5.92 Å². The van der Waals surface area contributed by atoms with Crippen LogP contribution in [0.15, 0.2) is 47.5 Å². The maximum Gasteiger partial charge on any atom is 0.309 e. The molecule has 2 aromatic rings. The number of nitrogens with one attached hydrogen (secondary N) is 1. The number of aliphatic imine (C=N–C) groups is 1. The Kier molecular flexibility index (Phi) is 7.33. The van der Waals surface area contributed by atoms with Crippen LogP contribution in [0.3, 0.4) is 0 Å². The Morgan fingerprint density at radius 2 is 2.00 bits per heavy atom. The normalized spacial score (nSPS) is 11.6. The first-order chi connectivity index (χ1) is 10.9. The number of alkyl halides is 2. The Labute approximate surface area is 156 Å². The lowest BCUT2D eigenvalue weighted by Crippen LogP contribution is -2.27. The zero-order chi connectivity index (χ0) is 16.9. The Morgan fingerprint density at radius 1 is 1.29 bits per heavy atom. The number of hydrogen-bond acceptors (Lipinski definition) is 3. The number of halogens is 3. The highest BCUT2D eigenvalue weighted by molar-refractivity contribution is 14.0. The van der Waals surface area contributed by atoms with Gasteiger partial charge in [0.25, 0.3) is 0 Å². The van der Waals surface area contributed by atoms with Crippen molar-refractivity contribution in [3.8, 4) is 5.88 Å². The minimum absolute atomic E-state index is 0. The highest BCUT2D eigenvalue weighted by Gasteiger charge is 2.33. The standard InChI is InChI=1S/C16H18F2N4O.HI/c1-11-5-3-6-12(9-11)21-15(19)20-10-16(17,18)13-7-4-8-14(22-13)23-2;/h3-9H,10H2,1-2H3,(H3,19,20,21);1H. The minimum Gasteiger partial charge on any atom is -0.481 e. The van der Waals surface area contributed by atoms with Gasteiger partial charge in [0.1, 0.15) is 12.2 Å². The van der Waals surface area contributed by atoms with Crippen molar-refractivity contribution in [3.05, 3.63) is 53.7 Å². The highest BCUT2D eigenvalue weighted by atomic mass is 127. The molecule has 0 aliphatic carbocycles. The number of aryl methyl sites for hydroxylation is 1. The summed E-state index contributed by atoms with van der Waals surface area (Å²) < 4.78 is 33.1. The van der Waals surface area contributed by atoms with Gasteiger partial charge in [-0.25, -0.2) is 9.98 Å². The third-order valence-electron chi connectivity index (χ3n) is 3.05. The van der Waals surface area contributed by atoms with Gasteiger partial charge in [0.05, 0.1) is 7.11 Å². The molecule has 0 radical (unpaired) electrons. The topological polar surface area (TPSA) is 72.5 Å². The number of benzene rings is 1. The van der Waals surface area contributed by atoms with Gasteiger partial charge in [-0.2, -0.15) is 8.78 Å². The van der Waals surface area contributed by atoms with E-state index in [9.17, 15) is 8.78 Å². The number of anilines is 1. The maximum absolute atomic E-state index is 14.1. The van der Waals surface area contributed by atoms with Crippen molar-refractivity contribution in [2.75, 3.05) is 19.0 Å². The Balaban J connectivity index is 0.00000288. The van der Waals surface area contributed by atoms with Crippen LogP contribution in [-0.4, -0.2) is 24.6 Å². The van der Waals surface area contributed by atoms with Crippen LogP contribution in [0.25, 0.3) is 0 Å². The molecule has 2 rings (SSSR count). The van der Waals surface area contributed by atoms with Crippen molar-refractivity contribution in [3.63, 3.8) is 0 Å². The number of pyridine rings is 1. The van der Waals surface area contributed by atoms with Crippen molar-refractivity contribution < 1.29 is 13.5 Å². The van der Waals surface area contributed by atoms with Crippen molar-refractivity contribution in [1.29, 1.82) is 0 Å². The molecular formula is C16H19F2IN4O. The van der Waals surface area contributed by atoms with Gasteiger partial charge in [-0.1, -0.05) is 18.2 Å². The van der Waals surface area contributed by atoms with Crippen LogP contribution >= 0.6 is 24.0 Å². The van der Waals surface area contributed by atoms with Crippen LogP contribution < -0.4 is 15.8 Å². The maximum atomic E-state index is 14.1. The summed E-state index contributed by atoms with van der Waals surface area (Å²) in [6.45, 7) is 1.11. The summed E-state index contributed by atoms with van der Waals surface area (Å²) >= 11 is 0. The van der Waals surface area contributed by atoms with E-state index in [0.717, 1.165) is 5.56 Å². The third-order valence-corrected chi connectivity index (χ3v) is 3.05. The fraction of sp³-hybridized carbons (Fsp3) is 0.250. The molecule has 24 heavy (non-hydrogen) atoms. The molecule has 0 fully saturated rings. The van der Waals surface area contributed by atoms with E-state index < -0.39 is 18.2 Å². The third kappa shape index (κ3) is 5.59. The molecule has 0 spiro atoms. The second-order valence-corrected chi connectivity index (χ2v) is 4.97. The van der Waals surface area contributed by atoms with Crippen LogP contribution in [-0.2, 0) is 5.92 Å². The largest absolute Gasteiger partial charge is 0.481 e. The molecule has 1 aromatic heterocycles. The molecule has 0 aliphatic heterocycles. The van der Waals surface area contributed by atoms with Gasteiger partial charge in [0.2, 0.25) is 5.88 Å². The van der Waals surface area contributed by atoms with Crippen LogP contribution in [0.4, 0.5) is 14.5 Å². The monoisotopic (exact) mass is 448 g/mol. The highest BCUT2D eigenvalue weighted by Crippen LogP contribution is 2.27. The molecular weight excluding hydrogens is 429 g/mol. The first-order valence-electron chi connectivity index (χ1n) is 6.93. The number of nitrogens with zero attached hydrogens (tertiary/aromatic N) is 2. The van der Waals surface area contributed by atoms with Gasteiger partial charge in [0.15, 0.2) is 5.96 Å². The summed E-state index contributed by atoms with van der Waals surface area (Å²) in [6.07, 6.45) is 0. The van der Waals surface area contributed by atoms with E-state index in [-0.39, 0.29) is 35.8 Å². The lowest BCUT2D eigenvalue weighted by Gasteiger charge is -2.14. The minimum atomic E-state index is -3.24. The summed E-state index contributed by atoms with van der Waals surface area (Å²) in [6, 6.07) is 11.5. The summed E-state index contributed by atoms with van der Waals surface area (Å²) in [7, 11) is 1.37. The van der Waals surface area contributed by atoms with E-state index in [1.807, 2.05) is 25.1 Å². The van der Waals surface area contributed by atoms with Crippen molar-refractivity contribution >= 4 is 35.6 Å². The average molecular weight is 448 g/mol. The van der Waals surface area contributed by atoms with Crippen molar-refractivity contribution in [2.24, 2.45) is 10.7 Å². The van der Waals surface area contributed by atoms with E-state index in [2.05, 4.69) is 15.3 Å². The van der Waals surface area contributed by atoms with Gasteiger partial charge in [-0.15, -0.1) is 24.0 Å². The van der Waals surface area contributed by atoms with E-state index in [1.165, 1.54) is 25.3 Å². The second-order valence-electron chi connectivity index (χ2n) is 4.97. The zero-order valence-electron chi connectivity index (χ0n) is 13.3. The molecule has 8 heteroatoms. The number of rotatable bonds is 5. The molecule has 0 unspecified atom stereocenters. The summed E-state index contributed by atoms with van der Waals surface area (Å²) in [5.74, 6) is -3.21. The number of guanidine groups is 1. The lowest BCUT2D eigenvalue weighted by atomic mass is 10.2. The lowest BCUT2D eigenvalue weighted by molar-refractivity contribution is 0.00147. The fourth-order valence-corrected chi connectivity index (χ4v) is 1.91. The molecule has 0 aliphatic rings. The Hall–Kier alpha value is -1.97. The molecule has 0 saturated heterocycles. The average Bonchev–Trinajstić information content (AvgIpc) is 2.53. The molecule has 0 saturated carbocycles. The number of ether oxygens (including phenoxy) is 1. The smallest absolute Gasteiger partial charge is 0.309 e. The predicted molar refractivity (Wildman–Crippen MR) is 101 cm³/mol. The molecule has 5 nitrogen and oxygen atoms in total. The number of hydrogen-bond donors (Lipinski definition) is 2. The van der Waals surface area contributed by atoms with Crippen molar-refractivity contribution in [1.82, 2.24) is 4.98 Å². The predicted octanol–water partition coefficient (Wildman–Crippen LogP) is 3.54. The van der Waals surface area contributed by atoms with E-state index >= 15 is 0 Å². The summed E-state index contributed by atoms with van der Waals surface area (Å²) in [5, 5.41) is 2.78. The quantitative estimate of drug-likeness (QED) is 0.417. The molecule has 3 N–H and O–H groups in total. The Bertz CT molecular complexity index is 710. The molecule has 0 amide bonds. The van der Waals surface area contributed by atoms with Crippen LogP contribution in [0.2, 0.25) is 0 Å². The van der Waals surface area contributed by atoms with Crippen molar-refractivity contribution in [2.45, 2.75) is 12.8 Å². The number of methoxy groups -OCH3 is 1. The molecule has 1 aromatic carbocycles. The second kappa shape index (κ2) is 8.76. The molecule has 130 valence electrons. The van der Waals surface area contributed by atoms with Gasteiger partial charge in [-0.3, -0.25) is 0 Å². The SMILES string of the molecule is COc1cccc(C(F)(F)CN=C(N)Nc2cccc(C)c2)n1.I. The molecule has 0 bridgehead atoms. The van der Waals surface area contributed by atoms with E-state index in [1.54, 1.807) is 6.07 Å². The van der Waals surface area contributed by atoms with Gasteiger partial charge in [-0.05, 0) is 30.7 Å². The van der Waals surface area contributed by atoms with Crippen LogP contribution in [0.5, 0.6) is 5.88 Å². The Morgan fingerprint density at radius 3 is 2.67 bits per heavy atom. The molecule has 0 atom stereocenters. The van der Waals surface area contributed by atoms with Crippen LogP contribution in [0, 0.1) is 6.92 Å². The fourth-order valence-electron chi connectivity index (χ4n) is 1.91. The first-order valence-corrected chi connectivity index (χ1v) is 6.93. The van der Waals surface area contributed by atoms with E-state index in [4.69, 9.17) is 10.5 Å².